The molecule has 0 fully saturated rings. The molecule has 0 aliphatic carbocycles. The minimum absolute atomic E-state index is 0.273. The topological polar surface area (TPSA) is 66.3 Å². The maximum absolute atomic E-state index is 10.4. The summed E-state index contributed by atoms with van der Waals surface area (Å²) in [6, 6.07) is 13.8. The molecule has 1 heterocycles. The minimum Gasteiger partial charge on any atom is -0.454 e. The van der Waals surface area contributed by atoms with Gasteiger partial charge in [0.25, 0.3) is 0 Å². The fourth-order valence-electron chi connectivity index (χ4n) is 2.92. The van der Waals surface area contributed by atoms with E-state index in [0.717, 1.165) is 35.1 Å². The van der Waals surface area contributed by atoms with Crippen molar-refractivity contribution in [1.82, 2.24) is 10.2 Å². The number of nitrogens with one attached hydrogen (secondary N) is 1. The van der Waals surface area contributed by atoms with E-state index < -0.39 is 6.10 Å². The summed E-state index contributed by atoms with van der Waals surface area (Å²) >= 11 is 0. The predicted octanol–water partition coefficient (Wildman–Crippen LogP) is 2.85. The molecule has 27 heavy (non-hydrogen) atoms. The number of hydrogen-bond donors (Lipinski definition) is 2. The molecule has 3 rings (SSSR count). The Kier molecular flexibility index (Phi) is 6.19. The number of guanidine groups is 1. The third-order valence-corrected chi connectivity index (χ3v) is 4.43. The van der Waals surface area contributed by atoms with Gasteiger partial charge in [-0.3, -0.25) is 4.99 Å². The molecular weight excluding hydrogens is 342 g/mol. The van der Waals surface area contributed by atoms with E-state index >= 15 is 0 Å². The Bertz CT molecular complexity index is 790. The summed E-state index contributed by atoms with van der Waals surface area (Å²) < 4.78 is 10.8. The van der Waals surface area contributed by atoms with E-state index in [1.165, 1.54) is 5.56 Å². The van der Waals surface area contributed by atoms with Gasteiger partial charge in [-0.2, -0.15) is 0 Å². The van der Waals surface area contributed by atoms with Crippen molar-refractivity contribution in [3.63, 3.8) is 0 Å². The fourth-order valence-corrected chi connectivity index (χ4v) is 2.92. The second kappa shape index (κ2) is 8.77. The van der Waals surface area contributed by atoms with Crippen LogP contribution in [0.25, 0.3) is 0 Å². The first kappa shape index (κ1) is 19.0. The molecule has 0 radical (unpaired) electrons. The Morgan fingerprint density at radius 3 is 2.67 bits per heavy atom. The van der Waals surface area contributed by atoms with Crippen LogP contribution < -0.4 is 14.8 Å². The number of ether oxygens (including phenoxy) is 2. The molecule has 2 aromatic carbocycles. The fraction of sp³-hybridized carbons (Fsp3) is 0.381. The van der Waals surface area contributed by atoms with E-state index in [-0.39, 0.29) is 6.79 Å². The lowest BCUT2D eigenvalue weighted by Gasteiger charge is -2.23. The average molecular weight is 369 g/mol. The molecule has 0 saturated carbocycles. The number of rotatable bonds is 6. The Morgan fingerprint density at radius 1 is 1.19 bits per heavy atom. The van der Waals surface area contributed by atoms with E-state index in [1.807, 2.05) is 68.3 Å². The highest BCUT2D eigenvalue weighted by Gasteiger charge is 2.15. The van der Waals surface area contributed by atoms with Gasteiger partial charge in [0.15, 0.2) is 17.5 Å². The molecular formula is C21H27N3O3. The lowest BCUT2D eigenvalue weighted by molar-refractivity contribution is 0.174. The van der Waals surface area contributed by atoms with Gasteiger partial charge in [0.05, 0.1) is 12.6 Å². The van der Waals surface area contributed by atoms with Gasteiger partial charge >= 0.3 is 0 Å². The summed E-state index contributed by atoms with van der Waals surface area (Å²) in [5.74, 6) is 2.31. The van der Waals surface area contributed by atoms with E-state index in [2.05, 4.69) is 10.3 Å². The zero-order valence-corrected chi connectivity index (χ0v) is 16.1. The normalized spacial score (nSPS) is 14.1. The van der Waals surface area contributed by atoms with Crippen molar-refractivity contribution in [3.8, 4) is 11.5 Å². The third kappa shape index (κ3) is 4.92. The zero-order chi connectivity index (χ0) is 19.2. The van der Waals surface area contributed by atoms with E-state index in [1.54, 1.807) is 0 Å². The summed E-state index contributed by atoms with van der Waals surface area (Å²) in [6.45, 7) is 6.06. The van der Waals surface area contributed by atoms with Gasteiger partial charge in [-0.05, 0) is 37.1 Å². The van der Waals surface area contributed by atoms with E-state index in [9.17, 15) is 5.11 Å². The number of benzene rings is 2. The molecule has 0 aromatic heterocycles. The summed E-state index contributed by atoms with van der Waals surface area (Å²) in [6.07, 6.45) is -0.627. The van der Waals surface area contributed by atoms with Gasteiger partial charge < -0.3 is 24.8 Å². The molecule has 0 saturated heterocycles. The predicted molar refractivity (Wildman–Crippen MR) is 106 cm³/mol. The van der Waals surface area contributed by atoms with Crippen LogP contribution in [0.2, 0.25) is 0 Å². The number of aliphatic hydroxyl groups excluding tert-OH is 1. The molecule has 1 aliphatic heterocycles. The van der Waals surface area contributed by atoms with Crippen molar-refractivity contribution in [2.24, 2.45) is 4.99 Å². The summed E-state index contributed by atoms with van der Waals surface area (Å²) in [4.78, 5) is 6.64. The van der Waals surface area contributed by atoms with Crippen LogP contribution in [-0.4, -0.2) is 42.9 Å². The van der Waals surface area contributed by atoms with Gasteiger partial charge in [0.1, 0.15) is 0 Å². The highest BCUT2D eigenvalue weighted by atomic mass is 16.7. The molecule has 1 aliphatic rings. The maximum Gasteiger partial charge on any atom is 0.231 e. The van der Waals surface area contributed by atoms with Crippen LogP contribution in [0.1, 0.15) is 29.7 Å². The Balaban J connectivity index is 1.66. The second-order valence-corrected chi connectivity index (χ2v) is 6.66. The minimum atomic E-state index is -0.627. The second-order valence-electron chi connectivity index (χ2n) is 6.66. The van der Waals surface area contributed by atoms with Crippen molar-refractivity contribution in [1.29, 1.82) is 0 Å². The largest absolute Gasteiger partial charge is 0.454 e. The van der Waals surface area contributed by atoms with Crippen LogP contribution in [0.5, 0.6) is 11.5 Å². The first-order valence-electron chi connectivity index (χ1n) is 9.19. The molecule has 6 nitrogen and oxygen atoms in total. The quantitative estimate of drug-likeness (QED) is 0.605. The first-order valence-corrected chi connectivity index (χ1v) is 9.19. The maximum atomic E-state index is 10.4. The molecule has 2 aromatic rings. The van der Waals surface area contributed by atoms with Crippen LogP contribution in [0.15, 0.2) is 47.5 Å². The van der Waals surface area contributed by atoms with Gasteiger partial charge in [-0.1, -0.05) is 35.9 Å². The number of nitrogens with zero attached hydrogens (tertiary/aromatic N) is 2. The van der Waals surface area contributed by atoms with Gasteiger partial charge in [0, 0.05) is 20.1 Å². The lowest BCUT2D eigenvalue weighted by Crippen LogP contribution is -2.38. The van der Waals surface area contributed by atoms with Crippen LogP contribution >= 0.6 is 0 Å². The molecule has 0 spiro atoms. The van der Waals surface area contributed by atoms with E-state index in [4.69, 9.17) is 9.47 Å². The molecule has 0 amide bonds. The summed E-state index contributed by atoms with van der Waals surface area (Å²) in [5, 5.41) is 13.7. The summed E-state index contributed by atoms with van der Waals surface area (Å²) in [5.41, 5.74) is 3.15. The van der Waals surface area contributed by atoms with Crippen molar-refractivity contribution in [2.45, 2.75) is 26.5 Å². The smallest absolute Gasteiger partial charge is 0.231 e. The van der Waals surface area contributed by atoms with Crippen molar-refractivity contribution in [3.05, 3.63) is 59.2 Å². The Labute approximate surface area is 160 Å². The number of aliphatic hydroxyl groups is 1. The third-order valence-electron chi connectivity index (χ3n) is 4.43. The summed E-state index contributed by atoms with van der Waals surface area (Å²) in [7, 11) is 1.98. The van der Waals surface area contributed by atoms with E-state index in [0.29, 0.717) is 13.1 Å². The Hall–Kier alpha value is -2.73. The number of hydrogen-bond acceptors (Lipinski definition) is 4. The van der Waals surface area contributed by atoms with Gasteiger partial charge in [0.2, 0.25) is 6.79 Å². The molecule has 1 unspecified atom stereocenters. The highest BCUT2D eigenvalue weighted by molar-refractivity contribution is 5.79. The lowest BCUT2D eigenvalue weighted by atomic mass is 10.1. The van der Waals surface area contributed by atoms with Crippen molar-refractivity contribution < 1.29 is 14.6 Å². The molecule has 6 heteroatoms. The molecule has 0 bridgehead atoms. The number of fused-ring (bicyclic) bond motifs is 1. The van der Waals surface area contributed by atoms with Crippen molar-refractivity contribution >= 4 is 5.96 Å². The first-order chi connectivity index (χ1) is 13.1. The monoisotopic (exact) mass is 369 g/mol. The standard InChI is InChI=1S/C21H27N3O3/c1-4-22-21(23-12-18(25)17-8-5-15(2)6-9-17)24(3)13-16-7-10-19-20(11-16)27-14-26-19/h5-11,18,25H,4,12-14H2,1-3H3,(H,22,23). The van der Waals surface area contributed by atoms with Crippen LogP contribution in [0.4, 0.5) is 0 Å². The SMILES string of the molecule is CCNC(=NCC(O)c1ccc(C)cc1)N(C)Cc1ccc2c(c1)OCO2. The number of aliphatic imine (C=N–C) groups is 1. The molecule has 144 valence electrons. The number of aryl methyl sites for hydroxylation is 1. The highest BCUT2D eigenvalue weighted by Crippen LogP contribution is 2.32. The zero-order valence-electron chi connectivity index (χ0n) is 16.1. The van der Waals surface area contributed by atoms with Crippen LogP contribution in [0, 0.1) is 6.92 Å². The van der Waals surface area contributed by atoms with Crippen molar-refractivity contribution in [2.75, 3.05) is 26.9 Å². The Morgan fingerprint density at radius 2 is 1.93 bits per heavy atom. The van der Waals surface area contributed by atoms with Gasteiger partial charge in [-0.25, -0.2) is 0 Å². The molecule has 2 N–H and O–H groups in total. The van der Waals surface area contributed by atoms with Crippen LogP contribution in [-0.2, 0) is 6.54 Å². The van der Waals surface area contributed by atoms with Crippen LogP contribution in [0.3, 0.4) is 0 Å². The van der Waals surface area contributed by atoms with Gasteiger partial charge in [-0.15, -0.1) is 0 Å². The average Bonchev–Trinajstić information content (AvgIpc) is 3.13. The molecule has 1 atom stereocenters.